The molecule has 0 spiro atoms. The number of aryl methyl sites for hydroxylation is 1. The zero-order chi connectivity index (χ0) is 23.4. The first-order valence-corrected chi connectivity index (χ1v) is 11.3. The maximum Gasteiger partial charge on any atom is 0.409 e. The molecule has 2 aliphatic heterocycles. The fourth-order valence-corrected chi connectivity index (χ4v) is 4.33. The van der Waals surface area contributed by atoms with Crippen molar-refractivity contribution in [1.82, 2.24) is 14.8 Å². The molecule has 0 radical (unpaired) electrons. The molecule has 0 aromatic heterocycles. The molecule has 1 atom stereocenters. The predicted molar refractivity (Wildman–Crippen MR) is 123 cm³/mol. The van der Waals surface area contributed by atoms with Crippen molar-refractivity contribution in [3.63, 3.8) is 0 Å². The third-order valence-electron chi connectivity index (χ3n) is 6.15. The summed E-state index contributed by atoms with van der Waals surface area (Å²) in [4.78, 5) is 29.0. The van der Waals surface area contributed by atoms with E-state index in [-0.39, 0.29) is 30.4 Å². The van der Waals surface area contributed by atoms with Crippen LogP contribution in [0.1, 0.15) is 36.1 Å². The molecule has 0 N–H and O–H groups in total. The summed E-state index contributed by atoms with van der Waals surface area (Å²) >= 11 is 0. The van der Waals surface area contributed by atoms with Gasteiger partial charge in [0.2, 0.25) is 0 Å². The third-order valence-corrected chi connectivity index (χ3v) is 6.15. The SMILES string of the molecule is CCOC(=O)N1CCN(CC(=O)N2N=C(c3ccc(F)cc3)C[C@@H]2c2ccccc2C)CC1. The Balaban J connectivity index is 1.49. The van der Waals surface area contributed by atoms with E-state index >= 15 is 0 Å². The average molecular weight is 453 g/mol. The van der Waals surface area contributed by atoms with E-state index in [2.05, 4.69) is 5.10 Å². The lowest BCUT2D eigenvalue weighted by atomic mass is 9.95. The Labute approximate surface area is 193 Å². The quantitative estimate of drug-likeness (QED) is 0.696. The topological polar surface area (TPSA) is 65.5 Å². The van der Waals surface area contributed by atoms with Gasteiger partial charge in [0.05, 0.1) is 24.9 Å². The van der Waals surface area contributed by atoms with Gasteiger partial charge in [-0.3, -0.25) is 9.69 Å². The van der Waals surface area contributed by atoms with Crippen LogP contribution in [0.4, 0.5) is 9.18 Å². The van der Waals surface area contributed by atoms with Crippen molar-refractivity contribution in [2.24, 2.45) is 5.10 Å². The molecule has 7 nitrogen and oxygen atoms in total. The van der Waals surface area contributed by atoms with Crippen LogP contribution in [-0.4, -0.2) is 71.9 Å². The smallest absolute Gasteiger partial charge is 0.409 e. The maximum absolute atomic E-state index is 13.4. The molecule has 2 heterocycles. The van der Waals surface area contributed by atoms with Gasteiger partial charge in [-0.05, 0) is 42.7 Å². The molecule has 0 bridgehead atoms. The summed E-state index contributed by atoms with van der Waals surface area (Å²) < 4.78 is 18.5. The number of carbonyl (C=O) groups is 2. The Hall–Kier alpha value is -3.26. The lowest BCUT2D eigenvalue weighted by Crippen LogP contribution is -2.51. The van der Waals surface area contributed by atoms with Crippen molar-refractivity contribution in [2.75, 3.05) is 39.3 Å². The molecule has 0 saturated carbocycles. The normalized spacial score (nSPS) is 18.9. The van der Waals surface area contributed by atoms with Gasteiger partial charge in [0.15, 0.2) is 0 Å². The summed E-state index contributed by atoms with van der Waals surface area (Å²) in [7, 11) is 0. The Morgan fingerprint density at radius 2 is 1.76 bits per heavy atom. The standard InChI is InChI=1S/C25H29FN4O3/c1-3-33-25(32)29-14-12-28(13-15-29)17-24(31)30-23(21-7-5-4-6-18(21)2)16-22(27-30)19-8-10-20(26)11-9-19/h4-11,23H,3,12-17H2,1-2H3/t23-/m1/s1. The minimum absolute atomic E-state index is 0.0926. The summed E-state index contributed by atoms with van der Waals surface area (Å²) in [6.07, 6.45) is 0.259. The van der Waals surface area contributed by atoms with Crippen molar-refractivity contribution in [3.8, 4) is 0 Å². The summed E-state index contributed by atoms with van der Waals surface area (Å²) in [5.74, 6) is -0.396. The fraction of sp³-hybridized carbons (Fsp3) is 0.400. The molecule has 2 amide bonds. The highest BCUT2D eigenvalue weighted by molar-refractivity contribution is 6.03. The van der Waals surface area contributed by atoms with Crippen LogP contribution in [0.2, 0.25) is 0 Å². The second-order valence-electron chi connectivity index (χ2n) is 8.33. The number of ether oxygens (including phenoxy) is 1. The first-order valence-electron chi connectivity index (χ1n) is 11.3. The van der Waals surface area contributed by atoms with Crippen LogP contribution in [0, 0.1) is 12.7 Å². The van der Waals surface area contributed by atoms with Crippen LogP contribution in [-0.2, 0) is 9.53 Å². The van der Waals surface area contributed by atoms with E-state index in [9.17, 15) is 14.0 Å². The van der Waals surface area contributed by atoms with Gasteiger partial charge in [-0.25, -0.2) is 14.2 Å². The van der Waals surface area contributed by atoms with Crippen molar-refractivity contribution in [1.29, 1.82) is 0 Å². The summed E-state index contributed by atoms with van der Waals surface area (Å²) in [5, 5.41) is 6.27. The zero-order valence-electron chi connectivity index (χ0n) is 19.0. The van der Waals surface area contributed by atoms with Crippen molar-refractivity contribution in [3.05, 3.63) is 71.0 Å². The van der Waals surface area contributed by atoms with Crippen LogP contribution in [0.25, 0.3) is 0 Å². The van der Waals surface area contributed by atoms with Gasteiger partial charge < -0.3 is 9.64 Å². The van der Waals surface area contributed by atoms with E-state index in [0.29, 0.717) is 39.2 Å². The lowest BCUT2D eigenvalue weighted by Gasteiger charge is -2.34. The van der Waals surface area contributed by atoms with Gasteiger partial charge in [0.25, 0.3) is 5.91 Å². The highest BCUT2D eigenvalue weighted by Crippen LogP contribution is 2.34. The van der Waals surface area contributed by atoms with Crippen LogP contribution < -0.4 is 0 Å². The molecule has 1 fully saturated rings. The molecule has 1 saturated heterocycles. The molecule has 4 rings (SSSR count). The Morgan fingerprint density at radius 3 is 2.42 bits per heavy atom. The number of hydrazone groups is 1. The van der Waals surface area contributed by atoms with Gasteiger partial charge in [-0.1, -0.05) is 36.4 Å². The van der Waals surface area contributed by atoms with E-state index in [1.807, 2.05) is 36.1 Å². The molecular formula is C25H29FN4O3. The van der Waals surface area contributed by atoms with E-state index in [4.69, 9.17) is 4.74 Å². The number of benzene rings is 2. The minimum Gasteiger partial charge on any atom is -0.450 e. The van der Waals surface area contributed by atoms with E-state index in [1.165, 1.54) is 12.1 Å². The van der Waals surface area contributed by atoms with Crippen LogP contribution >= 0.6 is 0 Å². The second-order valence-corrected chi connectivity index (χ2v) is 8.33. The molecule has 2 aliphatic rings. The number of hydrogen-bond acceptors (Lipinski definition) is 5. The second kappa shape index (κ2) is 10.1. The average Bonchev–Trinajstić information content (AvgIpc) is 3.26. The van der Waals surface area contributed by atoms with Gasteiger partial charge >= 0.3 is 6.09 Å². The Bertz CT molecular complexity index is 1030. The largest absolute Gasteiger partial charge is 0.450 e. The zero-order valence-corrected chi connectivity index (χ0v) is 19.0. The number of rotatable bonds is 5. The summed E-state index contributed by atoms with van der Waals surface area (Å²) in [6, 6.07) is 14.0. The Morgan fingerprint density at radius 1 is 1.06 bits per heavy atom. The third kappa shape index (κ3) is 5.22. The molecule has 2 aromatic rings. The number of piperazine rings is 1. The first-order chi connectivity index (χ1) is 16.0. The van der Waals surface area contributed by atoms with Crippen molar-refractivity contribution < 1.29 is 18.7 Å². The van der Waals surface area contributed by atoms with Crippen LogP contribution in [0.3, 0.4) is 0 Å². The molecule has 2 aromatic carbocycles. The molecule has 8 heteroatoms. The first kappa shape index (κ1) is 22.9. The fourth-order valence-electron chi connectivity index (χ4n) is 4.33. The lowest BCUT2D eigenvalue weighted by molar-refractivity contribution is -0.134. The van der Waals surface area contributed by atoms with Crippen molar-refractivity contribution >= 4 is 17.7 Å². The molecule has 0 aliphatic carbocycles. The number of hydrogen-bond donors (Lipinski definition) is 0. The van der Waals surface area contributed by atoms with Gasteiger partial charge in [-0.2, -0.15) is 5.10 Å². The molecule has 0 unspecified atom stereocenters. The van der Waals surface area contributed by atoms with Gasteiger partial charge in [0.1, 0.15) is 5.82 Å². The van der Waals surface area contributed by atoms with Crippen molar-refractivity contribution in [2.45, 2.75) is 26.3 Å². The maximum atomic E-state index is 13.4. The minimum atomic E-state index is -0.309. The van der Waals surface area contributed by atoms with Crippen LogP contribution in [0.5, 0.6) is 0 Å². The predicted octanol–water partition coefficient (Wildman–Crippen LogP) is 3.59. The van der Waals surface area contributed by atoms with E-state index in [1.54, 1.807) is 29.0 Å². The molecular weight excluding hydrogens is 423 g/mol. The van der Waals surface area contributed by atoms with E-state index in [0.717, 1.165) is 22.4 Å². The highest BCUT2D eigenvalue weighted by Gasteiger charge is 2.35. The Kier molecular flexibility index (Phi) is 7.03. The number of nitrogens with zero attached hydrogens (tertiary/aromatic N) is 4. The van der Waals surface area contributed by atoms with Gasteiger partial charge in [-0.15, -0.1) is 0 Å². The molecule has 174 valence electrons. The monoisotopic (exact) mass is 452 g/mol. The van der Waals surface area contributed by atoms with Crippen LogP contribution in [0.15, 0.2) is 53.6 Å². The summed E-state index contributed by atoms with van der Waals surface area (Å²) in [5.41, 5.74) is 3.73. The number of carbonyl (C=O) groups excluding carboxylic acids is 2. The van der Waals surface area contributed by atoms with Gasteiger partial charge in [0, 0.05) is 32.6 Å². The summed E-state index contributed by atoms with van der Waals surface area (Å²) in [6.45, 7) is 6.64. The van der Waals surface area contributed by atoms with E-state index < -0.39 is 0 Å². The number of amides is 2. The highest BCUT2D eigenvalue weighted by atomic mass is 19.1. The molecule has 33 heavy (non-hydrogen) atoms. The number of halogens is 1.